The van der Waals surface area contributed by atoms with E-state index < -0.39 is 5.91 Å². The number of nitrogens with two attached hydrogens (primary N) is 1. The van der Waals surface area contributed by atoms with Gasteiger partial charge in [0.05, 0.1) is 0 Å². The first-order valence-corrected chi connectivity index (χ1v) is 6.81. The Morgan fingerprint density at radius 3 is 2.62 bits per heavy atom. The van der Waals surface area contributed by atoms with Crippen LogP contribution in [0.2, 0.25) is 0 Å². The van der Waals surface area contributed by atoms with Crippen LogP contribution >= 0.6 is 0 Å². The number of aromatic nitrogens is 1. The van der Waals surface area contributed by atoms with Crippen LogP contribution in [0.5, 0.6) is 11.6 Å². The molecule has 3 N–H and O–H groups in total. The van der Waals surface area contributed by atoms with Crippen molar-refractivity contribution >= 4 is 5.91 Å². The molecule has 1 heterocycles. The van der Waals surface area contributed by atoms with E-state index in [1.807, 2.05) is 12.1 Å². The predicted molar refractivity (Wildman–Crippen MR) is 81.2 cm³/mol. The summed E-state index contributed by atoms with van der Waals surface area (Å²) in [4.78, 5) is 15.3. The number of amides is 1. The topological polar surface area (TPSA) is 77.2 Å². The van der Waals surface area contributed by atoms with Gasteiger partial charge in [-0.2, -0.15) is 0 Å². The molecule has 0 bridgehead atoms. The van der Waals surface area contributed by atoms with Gasteiger partial charge in [-0.05, 0) is 30.3 Å². The van der Waals surface area contributed by atoms with Crippen LogP contribution in [0, 0.1) is 0 Å². The molecule has 0 aliphatic rings. The number of nitrogens with one attached hydrogen (secondary N) is 1. The SMILES string of the molecule is CC(C)NCc1cccnc1Oc1ccc(C(N)=O)cc1. The second kappa shape index (κ2) is 6.85. The summed E-state index contributed by atoms with van der Waals surface area (Å²) in [5.41, 5.74) is 6.63. The molecule has 1 aromatic carbocycles. The van der Waals surface area contributed by atoms with Crippen molar-refractivity contribution in [2.45, 2.75) is 26.4 Å². The molecule has 2 rings (SSSR count). The summed E-state index contributed by atoms with van der Waals surface area (Å²) in [5, 5.41) is 3.33. The van der Waals surface area contributed by atoms with E-state index in [0.29, 0.717) is 29.8 Å². The minimum atomic E-state index is -0.457. The molecular formula is C16H19N3O2. The number of primary amides is 1. The summed E-state index contributed by atoms with van der Waals surface area (Å²) >= 11 is 0. The van der Waals surface area contributed by atoms with Crippen LogP contribution < -0.4 is 15.8 Å². The average Bonchev–Trinajstić information content (AvgIpc) is 2.47. The smallest absolute Gasteiger partial charge is 0.248 e. The number of carbonyl (C=O) groups excluding carboxylic acids is 1. The van der Waals surface area contributed by atoms with Gasteiger partial charge in [0.25, 0.3) is 0 Å². The maximum atomic E-state index is 11.0. The lowest BCUT2D eigenvalue weighted by Crippen LogP contribution is -2.22. The van der Waals surface area contributed by atoms with Crippen molar-refractivity contribution in [3.63, 3.8) is 0 Å². The van der Waals surface area contributed by atoms with Gasteiger partial charge in [0.15, 0.2) is 0 Å². The molecule has 1 aromatic heterocycles. The van der Waals surface area contributed by atoms with Gasteiger partial charge >= 0.3 is 0 Å². The lowest BCUT2D eigenvalue weighted by molar-refractivity contribution is 0.100. The van der Waals surface area contributed by atoms with E-state index in [1.165, 1.54) is 0 Å². The number of pyridine rings is 1. The molecule has 5 heteroatoms. The fourth-order valence-corrected chi connectivity index (χ4v) is 1.76. The number of hydrogen-bond donors (Lipinski definition) is 2. The van der Waals surface area contributed by atoms with Gasteiger partial charge in [-0.15, -0.1) is 0 Å². The first kappa shape index (κ1) is 15.0. The molecule has 0 radical (unpaired) electrons. The standard InChI is InChI=1S/C16H19N3O2/c1-11(2)19-10-13-4-3-9-18-16(13)21-14-7-5-12(6-8-14)15(17)20/h3-9,11,19H,10H2,1-2H3,(H2,17,20). The zero-order valence-corrected chi connectivity index (χ0v) is 12.2. The molecule has 0 aliphatic carbocycles. The normalized spacial score (nSPS) is 10.6. The number of rotatable bonds is 6. The molecule has 0 unspecified atom stereocenters. The molecule has 1 amide bonds. The van der Waals surface area contributed by atoms with Crippen LogP contribution in [0.15, 0.2) is 42.6 Å². The predicted octanol–water partition coefficient (Wildman–Crippen LogP) is 2.47. The molecule has 110 valence electrons. The van der Waals surface area contributed by atoms with E-state index in [9.17, 15) is 4.79 Å². The monoisotopic (exact) mass is 285 g/mol. The van der Waals surface area contributed by atoms with Gasteiger partial charge in [0.1, 0.15) is 5.75 Å². The second-order valence-corrected chi connectivity index (χ2v) is 4.99. The van der Waals surface area contributed by atoms with Gasteiger partial charge in [0, 0.05) is 29.9 Å². The van der Waals surface area contributed by atoms with Crippen LogP contribution in [0.25, 0.3) is 0 Å². The Labute approximate surface area is 124 Å². The van der Waals surface area contributed by atoms with Gasteiger partial charge in [-0.25, -0.2) is 4.98 Å². The Balaban J connectivity index is 2.13. The molecule has 5 nitrogen and oxygen atoms in total. The van der Waals surface area contributed by atoms with Crippen molar-refractivity contribution in [3.8, 4) is 11.6 Å². The Morgan fingerprint density at radius 2 is 2.00 bits per heavy atom. The fourth-order valence-electron chi connectivity index (χ4n) is 1.76. The van der Waals surface area contributed by atoms with Crippen LogP contribution in [-0.2, 0) is 6.54 Å². The number of nitrogens with zero attached hydrogens (tertiary/aromatic N) is 1. The number of ether oxygens (including phenoxy) is 1. The summed E-state index contributed by atoms with van der Waals surface area (Å²) in [6.45, 7) is 4.85. The molecule has 0 fully saturated rings. The summed E-state index contributed by atoms with van der Waals surface area (Å²) in [5.74, 6) is 0.711. The molecule has 0 aliphatic heterocycles. The van der Waals surface area contributed by atoms with Gasteiger partial charge in [-0.3, -0.25) is 4.79 Å². The van der Waals surface area contributed by atoms with Crippen LogP contribution in [-0.4, -0.2) is 16.9 Å². The lowest BCUT2D eigenvalue weighted by atomic mass is 10.2. The summed E-state index contributed by atoms with van der Waals surface area (Å²) in [7, 11) is 0. The molecular weight excluding hydrogens is 266 g/mol. The Bertz CT molecular complexity index is 609. The molecule has 2 aromatic rings. The van der Waals surface area contributed by atoms with E-state index in [4.69, 9.17) is 10.5 Å². The minimum absolute atomic E-state index is 0.382. The van der Waals surface area contributed by atoms with Gasteiger partial charge < -0.3 is 15.8 Å². The van der Waals surface area contributed by atoms with Crippen LogP contribution in [0.4, 0.5) is 0 Å². The molecule has 0 saturated heterocycles. The molecule has 0 spiro atoms. The van der Waals surface area contributed by atoms with E-state index in [2.05, 4.69) is 24.1 Å². The van der Waals surface area contributed by atoms with Crippen molar-refractivity contribution in [2.24, 2.45) is 5.73 Å². The van der Waals surface area contributed by atoms with Crippen LogP contribution in [0.1, 0.15) is 29.8 Å². The number of carbonyl (C=O) groups is 1. The molecule has 0 atom stereocenters. The number of benzene rings is 1. The first-order valence-electron chi connectivity index (χ1n) is 6.81. The summed E-state index contributed by atoms with van der Waals surface area (Å²) in [6.07, 6.45) is 1.69. The van der Waals surface area contributed by atoms with Crippen molar-refractivity contribution in [3.05, 3.63) is 53.7 Å². The quantitative estimate of drug-likeness (QED) is 0.854. The fraction of sp³-hybridized carbons (Fsp3) is 0.250. The lowest BCUT2D eigenvalue weighted by Gasteiger charge is -2.12. The molecule has 21 heavy (non-hydrogen) atoms. The molecule has 0 saturated carbocycles. The average molecular weight is 285 g/mol. The third-order valence-corrected chi connectivity index (χ3v) is 2.90. The Kier molecular flexibility index (Phi) is 4.90. The second-order valence-electron chi connectivity index (χ2n) is 4.99. The van der Waals surface area contributed by atoms with E-state index >= 15 is 0 Å². The van der Waals surface area contributed by atoms with E-state index in [0.717, 1.165) is 5.56 Å². The third kappa shape index (κ3) is 4.29. The van der Waals surface area contributed by atoms with Gasteiger partial charge in [-0.1, -0.05) is 19.9 Å². The summed E-state index contributed by atoms with van der Waals surface area (Å²) < 4.78 is 5.77. The highest BCUT2D eigenvalue weighted by molar-refractivity contribution is 5.92. The first-order chi connectivity index (χ1) is 10.1. The maximum Gasteiger partial charge on any atom is 0.248 e. The van der Waals surface area contributed by atoms with Crippen molar-refractivity contribution in [2.75, 3.05) is 0 Å². The highest BCUT2D eigenvalue weighted by Crippen LogP contribution is 2.23. The minimum Gasteiger partial charge on any atom is -0.439 e. The van der Waals surface area contributed by atoms with E-state index in [1.54, 1.807) is 30.5 Å². The summed E-state index contributed by atoms with van der Waals surface area (Å²) in [6, 6.07) is 10.9. The van der Waals surface area contributed by atoms with Crippen LogP contribution in [0.3, 0.4) is 0 Å². The van der Waals surface area contributed by atoms with Crippen molar-refractivity contribution < 1.29 is 9.53 Å². The maximum absolute atomic E-state index is 11.0. The number of hydrogen-bond acceptors (Lipinski definition) is 4. The van der Waals surface area contributed by atoms with E-state index in [-0.39, 0.29) is 0 Å². The highest BCUT2D eigenvalue weighted by Gasteiger charge is 2.07. The Morgan fingerprint density at radius 1 is 1.29 bits per heavy atom. The van der Waals surface area contributed by atoms with Crippen molar-refractivity contribution in [1.29, 1.82) is 0 Å². The zero-order valence-electron chi connectivity index (χ0n) is 12.2. The highest BCUT2D eigenvalue weighted by atomic mass is 16.5. The Hall–Kier alpha value is -2.40. The zero-order chi connectivity index (χ0) is 15.2. The van der Waals surface area contributed by atoms with Gasteiger partial charge in [0.2, 0.25) is 11.8 Å². The largest absolute Gasteiger partial charge is 0.439 e. The van der Waals surface area contributed by atoms with Crippen molar-refractivity contribution in [1.82, 2.24) is 10.3 Å². The third-order valence-electron chi connectivity index (χ3n) is 2.90.